The summed E-state index contributed by atoms with van der Waals surface area (Å²) < 4.78 is 0. The van der Waals surface area contributed by atoms with Gasteiger partial charge in [0.25, 0.3) is 0 Å². The predicted octanol–water partition coefficient (Wildman–Crippen LogP) is 5.27. The molecule has 25 heavy (non-hydrogen) atoms. The molecule has 1 N–H and O–H groups in total. The molecule has 0 aliphatic carbocycles. The van der Waals surface area contributed by atoms with E-state index in [1.807, 2.05) is 23.6 Å². The van der Waals surface area contributed by atoms with Crippen molar-refractivity contribution in [1.82, 2.24) is 4.98 Å². The van der Waals surface area contributed by atoms with Gasteiger partial charge in [0.05, 0.1) is 17.3 Å². The maximum absolute atomic E-state index is 8.98. The summed E-state index contributed by atoms with van der Waals surface area (Å²) in [6.45, 7) is 6.33. The Morgan fingerprint density at radius 1 is 1.12 bits per heavy atom. The maximum Gasteiger partial charge on any atom is 0.187 e. The van der Waals surface area contributed by atoms with E-state index in [1.165, 1.54) is 5.69 Å². The fourth-order valence-electron chi connectivity index (χ4n) is 2.69. The van der Waals surface area contributed by atoms with Crippen molar-refractivity contribution >= 4 is 27.8 Å². The first-order chi connectivity index (χ1) is 12.2. The Balaban J connectivity index is 1.76. The van der Waals surface area contributed by atoms with E-state index in [2.05, 4.69) is 59.4 Å². The summed E-state index contributed by atoms with van der Waals surface area (Å²) in [5, 5.41) is 15.1. The van der Waals surface area contributed by atoms with E-state index >= 15 is 0 Å². The van der Waals surface area contributed by atoms with Crippen molar-refractivity contribution in [2.45, 2.75) is 13.8 Å². The average molecular weight is 348 g/mol. The second-order valence-corrected chi connectivity index (χ2v) is 6.43. The Bertz CT molecular complexity index is 873. The molecule has 0 fully saturated rings. The molecule has 0 atom stereocenters. The van der Waals surface area contributed by atoms with Crippen LogP contribution in [-0.2, 0) is 0 Å². The molecule has 4 nitrogen and oxygen atoms in total. The van der Waals surface area contributed by atoms with Crippen LogP contribution in [0.2, 0.25) is 0 Å². The molecule has 0 amide bonds. The van der Waals surface area contributed by atoms with Gasteiger partial charge in [0.15, 0.2) is 5.13 Å². The summed E-state index contributed by atoms with van der Waals surface area (Å²) in [6.07, 6.45) is 0. The van der Waals surface area contributed by atoms with Crippen molar-refractivity contribution in [1.29, 1.82) is 5.26 Å². The second kappa shape index (κ2) is 7.82. The standard InChI is InChI=1S/C20H20N4S/c1-3-24(4-2)18-10-8-16(9-11-18)19-14-25-20(23-19)22-17-7-5-6-15(12-17)13-21/h5-12,14H,3-4H2,1-2H3,(H,22,23). The number of hydrogen-bond acceptors (Lipinski definition) is 5. The molecule has 1 aromatic heterocycles. The van der Waals surface area contributed by atoms with Gasteiger partial charge in [0.1, 0.15) is 0 Å². The predicted molar refractivity (Wildman–Crippen MR) is 106 cm³/mol. The normalized spacial score (nSPS) is 10.3. The van der Waals surface area contributed by atoms with Crippen molar-refractivity contribution in [3.63, 3.8) is 0 Å². The molecule has 0 aliphatic heterocycles. The molecule has 126 valence electrons. The molecule has 0 saturated carbocycles. The zero-order chi connectivity index (χ0) is 17.6. The third-order valence-corrected chi connectivity index (χ3v) is 4.80. The molecule has 3 aromatic rings. The van der Waals surface area contributed by atoms with Crippen LogP contribution < -0.4 is 10.2 Å². The molecule has 0 radical (unpaired) electrons. The largest absolute Gasteiger partial charge is 0.372 e. The number of nitrogens with one attached hydrogen (secondary N) is 1. The average Bonchev–Trinajstić information content (AvgIpc) is 3.12. The lowest BCUT2D eigenvalue weighted by molar-refractivity contribution is 0.866. The molecule has 3 rings (SSSR count). The van der Waals surface area contributed by atoms with Crippen LogP contribution in [0, 0.1) is 11.3 Å². The Morgan fingerprint density at radius 3 is 2.56 bits per heavy atom. The van der Waals surface area contributed by atoms with Crippen LogP contribution in [0.25, 0.3) is 11.3 Å². The number of rotatable bonds is 6. The minimum Gasteiger partial charge on any atom is -0.372 e. The van der Waals surface area contributed by atoms with Gasteiger partial charge in [-0.05, 0) is 44.2 Å². The van der Waals surface area contributed by atoms with Gasteiger partial charge in [-0.25, -0.2) is 4.98 Å². The monoisotopic (exact) mass is 348 g/mol. The van der Waals surface area contributed by atoms with Gasteiger partial charge in [-0.15, -0.1) is 11.3 Å². The molecular formula is C20H20N4S. The Morgan fingerprint density at radius 2 is 1.88 bits per heavy atom. The molecule has 0 saturated heterocycles. The highest BCUT2D eigenvalue weighted by Gasteiger charge is 2.07. The van der Waals surface area contributed by atoms with Crippen LogP contribution in [-0.4, -0.2) is 18.1 Å². The smallest absolute Gasteiger partial charge is 0.187 e. The minimum absolute atomic E-state index is 0.633. The van der Waals surface area contributed by atoms with Crippen LogP contribution in [0.1, 0.15) is 19.4 Å². The summed E-state index contributed by atoms with van der Waals surface area (Å²) in [6, 6.07) is 18.1. The zero-order valence-corrected chi connectivity index (χ0v) is 15.2. The minimum atomic E-state index is 0.633. The second-order valence-electron chi connectivity index (χ2n) is 5.57. The van der Waals surface area contributed by atoms with Crippen molar-refractivity contribution in [2.24, 2.45) is 0 Å². The van der Waals surface area contributed by atoms with Crippen LogP contribution in [0.5, 0.6) is 0 Å². The van der Waals surface area contributed by atoms with E-state index in [4.69, 9.17) is 5.26 Å². The third kappa shape index (κ3) is 3.98. The number of hydrogen-bond donors (Lipinski definition) is 1. The fourth-order valence-corrected chi connectivity index (χ4v) is 3.43. The summed E-state index contributed by atoms with van der Waals surface area (Å²) in [4.78, 5) is 6.98. The highest BCUT2D eigenvalue weighted by molar-refractivity contribution is 7.14. The Kier molecular flexibility index (Phi) is 5.32. The van der Waals surface area contributed by atoms with E-state index < -0.39 is 0 Å². The topological polar surface area (TPSA) is 52.0 Å². The zero-order valence-electron chi connectivity index (χ0n) is 14.4. The van der Waals surface area contributed by atoms with E-state index in [0.29, 0.717) is 5.56 Å². The van der Waals surface area contributed by atoms with Gasteiger partial charge in [-0.1, -0.05) is 18.2 Å². The van der Waals surface area contributed by atoms with E-state index in [1.54, 1.807) is 17.4 Å². The van der Waals surface area contributed by atoms with Gasteiger partial charge in [-0.2, -0.15) is 5.26 Å². The van der Waals surface area contributed by atoms with Gasteiger partial charge in [-0.3, -0.25) is 0 Å². The van der Waals surface area contributed by atoms with Crippen molar-refractivity contribution in [3.8, 4) is 17.3 Å². The van der Waals surface area contributed by atoms with Crippen LogP contribution in [0.15, 0.2) is 53.9 Å². The van der Waals surface area contributed by atoms with E-state index in [-0.39, 0.29) is 0 Å². The first kappa shape index (κ1) is 17.0. The van der Waals surface area contributed by atoms with Crippen LogP contribution in [0.4, 0.5) is 16.5 Å². The molecule has 5 heteroatoms. The lowest BCUT2D eigenvalue weighted by Gasteiger charge is -2.20. The lowest BCUT2D eigenvalue weighted by atomic mass is 10.1. The van der Waals surface area contributed by atoms with Gasteiger partial charge in [0, 0.05) is 35.4 Å². The third-order valence-electron chi connectivity index (χ3n) is 4.04. The number of nitrogens with zero attached hydrogens (tertiary/aromatic N) is 3. The molecular weight excluding hydrogens is 328 g/mol. The highest BCUT2D eigenvalue weighted by Crippen LogP contribution is 2.28. The first-order valence-electron chi connectivity index (χ1n) is 8.31. The molecule has 2 aromatic carbocycles. The Labute approximate surface area is 152 Å². The number of aromatic nitrogens is 1. The Hall–Kier alpha value is -2.84. The molecule has 0 unspecified atom stereocenters. The number of nitriles is 1. The quantitative estimate of drug-likeness (QED) is 0.659. The molecule has 1 heterocycles. The maximum atomic E-state index is 8.98. The van der Waals surface area contributed by atoms with E-state index in [0.717, 1.165) is 35.2 Å². The fraction of sp³-hybridized carbons (Fsp3) is 0.200. The number of thiazole rings is 1. The van der Waals surface area contributed by atoms with E-state index in [9.17, 15) is 0 Å². The summed E-state index contributed by atoms with van der Waals surface area (Å²) in [7, 11) is 0. The number of benzene rings is 2. The SMILES string of the molecule is CCN(CC)c1ccc(-c2csc(Nc3cccc(C#N)c3)n2)cc1. The summed E-state index contributed by atoms with van der Waals surface area (Å²) >= 11 is 1.56. The summed E-state index contributed by atoms with van der Waals surface area (Å²) in [5.74, 6) is 0. The molecule has 0 bridgehead atoms. The molecule has 0 aliphatic rings. The first-order valence-corrected chi connectivity index (χ1v) is 9.19. The summed E-state index contributed by atoms with van der Waals surface area (Å²) in [5.41, 5.74) is 4.79. The van der Waals surface area contributed by atoms with Crippen molar-refractivity contribution < 1.29 is 0 Å². The van der Waals surface area contributed by atoms with Crippen LogP contribution >= 0.6 is 11.3 Å². The van der Waals surface area contributed by atoms with Crippen LogP contribution in [0.3, 0.4) is 0 Å². The van der Waals surface area contributed by atoms with Gasteiger partial charge in [0.2, 0.25) is 0 Å². The van der Waals surface area contributed by atoms with Crippen molar-refractivity contribution in [3.05, 3.63) is 59.5 Å². The number of anilines is 3. The lowest BCUT2D eigenvalue weighted by Crippen LogP contribution is -2.21. The van der Waals surface area contributed by atoms with Gasteiger partial charge < -0.3 is 10.2 Å². The van der Waals surface area contributed by atoms with Gasteiger partial charge >= 0.3 is 0 Å². The van der Waals surface area contributed by atoms with Crippen molar-refractivity contribution in [2.75, 3.05) is 23.3 Å². The molecule has 0 spiro atoms. The highest BCUT2D eigenvalue weighted by atomic mass is 32.1.